The lowest BCUT2D eigenvalue weighted by molar-refractivity contribution is 0.0275. The van der Waals surface area contributed by atoms with Crippen molar-refractivity contribution in [2.24, 2.45) is 11.3 Å². The molecule has 2 fully saturated rings. The molecular weight excluding hydrogens is 420 g/mol. The van der Waals surface area contributed by atoms with Gasteiger partial charge in [0, 0.05) is 26.1 Å². The van der Waals surface area contributed by atoms with Crippen molar-refractivity contribution in [3.05, 3.63) is 23.8 Å². The first-order valence-electron chi connectivity index (χ1n) is 12.0. The number of ether oxygens (including phenoxy) is 3. The van der Waals surface area contributed by atoms with Crippen LogP contribution in [0.3, 0.4) is 0 Å². The van der Waals surface area contributed by atoms with Gasteiger partial charge in [0.25, 0.3) is 0 Å². The Morgan fingerprint density at radius 3 is 2.21 bits per heavy atom. The molecule has 1 aromatic rings. The van der Waals surface area contributed by atoms with Crippen molar-refractivity contribution >= 4 is 17.7 Å². The highest BCUT2D eigenvalue weighted by molar-refractivity contribution is 5.91. The average Bonchev–Trinajstić information content (AvgIpc) is 3.20. The molecule has 1 aromatic carbocycles. The Morgan fingerprint density at radius 2 is 1.64 bits per heavy atom. The topological polar surface area (TPSA) is 68.3 Å². The van der Waals surface area contributed by atoms with E-state index in [2.05, 4.69) is 25.7 Å². The monoisotopic (exact) mass is 460 g/mol. The summed E-state index contributed by atoms with van der Waals surface area (Å²) in [5.74, 6) is 1.05. The SMILES string of the molecule is COC(=O)c1ccc(O[C@H]2CCN(C(=O)OC(C)(C)C)C2)c(N2CCC(C(C)(C)C)CC2)c1. The highest BCUT2D eigenvalue weighted by Gasteiger charge is 2.33. The van der Waals surface area contributed by atoms with Crippen molar-refractivity contribution in [3.63, 3.8) is 0 Å². The molecule has 3 rings (SSSR count). The first-order chi connectivity index (χ1) is 15.4. The molecule has 7 nitrogen and oxygen atoms in total. The molecule has 33 heavy (non-hydrogen) atoms. The summed E-state index contributed by atoms with van der Waals surface area (Å²) in [5, 5.41) is 0. The maximum atomic E-state index is 12.4. The fourth-order valence-electron chi connectivity index (χ4n) is 4.59. The molecule has 2 saturated heterocycles. The fraction of sp³-hybridized carbons (Fsp3) is 0.692. The van der Waals surface area contributed by atoms with Gasteiger partial charge in [-0.1, -0.05) is 20.8 Å². The number of carbonyl (C=O) groups excluding carboxylic acids is 2. The number of rotatable bonds is 4. The van der Waals surface area contributed by atoms with Crippen molar-refractivity contribution in [1.82, 2.24) is 4.90 Å². The van der Waals surface area contributed by atoms with E-state index in [-0.39, 0.29) is 23.6 Å². The molecule has 0 bridgehead atoms. The molecule has 2 aliphatic rings. The Morgan fingerprint density at radius 1 is 0.970 bits per heavy atom. The van der Waals surface area contributed by atoms with Crippen LogP contribution in [-0.2, 0) is 9.47 Å². The molecule has 0 aliphatic carbocycles. The molecule has 0 aromatic heterocycles. The van der Waals surface area contributed by atoms with Crippen LogP contribution in [0.15, 0.2) is 18.2 Å². The Labute approximate surface area is 198 Å². The summed E-state index contributed by atoms with van der Waals surface area (Å²) in [6, 6.07) is 5.47. The molecule has 1 atom stereocenters. The average molecular weight is 461 g/mol. The minimum absolute atomic E-state index is 0.118. The molecule has 0 saturated carbocycles. The van der Waals surface area contributed by atoms with E-state index in [9.17, 15) is 9.59 Å². The van der Waals surface area contributed by atoms with Gasteiger partial charge in [-0.15, -0.1) is 0 Å². The van der Waals surface area contributed by atoms with Crippen LogP contribution in [0.2, 0.25) is 0 Å². The van der Waals surface area contributed by atoms with Crippen LogP contribution >= 0.6 is 0 Å². The van der Waals surface area contributed by atoms with Gasteiger partial charge in [0.15, 0.2) is 0 Å². The summed E-state index contributed by atoms with van der Waals surface area (Å²) in [7, 11) is 1.39. The quantitative estimate of drug-likeness (QED) is 0.581. The molecule has 2 heterocycles. The van der Waals surface area contributed by atoms with Gasteiger partial charge in [0.2, 0.25) is 0 Å². The number of esters is 1. The number of methoxy groups -OCH3 is 1. The zero-order chi connectivity index (χ0) is 24.4. The number of carbonyl (C=O) groups is 2. The van der Waals surface area contributed by atoms with Crippen molar-refractivity contribution in [3.8, 4) is 5.75 Å². The largest absolute Gasteiger partial charge is 0.486 e. The van der Waals surface area contributed by atoms with Gasteiger partial charge in [-0.25, -0.2) is 9.59 Å². The third kappa shape index (κ3) is 6.55. The minimum Gasteiger partial charge on any atom is -0.486 e. The number of hydrogen-bond acceptors (Lipinski definition) is 6. The molecule has 0 unspecified atom stereocenters. The van der Waals surface area contributed by atoms with E-state index in [0.717, 1.165) is 43.8 Å². The van der Waals surface area contributed by atoms with Gasteiger partial charge in [-0.2, -0.15) is 0 Å². The Bertz CT molecular complexity index is 847. The second-order valence-electron chi connectivity index (χ2n) is 11.3. The maximum Gasteiger partial charge on any atom is 0.410 e. The van der Waals surface area contributed by atoms with Crippen molar-refractivity contribution < 1.29 is 23.8 Å². The summed E-state index contributed by atoms with van der Waals surface area (Å²) >= 11 is 0. The molecular formula is C26H40N2O5. The van der Waals surface area contributed by atoms with Crippen LogP contribution in [0.25, 0.3) is 0 Å². The smallest absolute Gasteiger partial charge is 0.410 e. The first kappa shape index (κ1) is 25.2. The number of benzene rings is 1. The third-order valence-corrected chi connectivity index (χ3v) is 6.53. The van der Waals surface area contributed by atoms with Gasteiger partial charge >= 0.3 is 12.1 Å². The van der Waals surface area contributed by atoms with Crippen molar-refractivity contribution in [2.75, 3.05) is 38.2 Å². The normalized spacial score (nSPS) is 20.0. The number of piperidine rings is 1. The highest BCUT2D eigenvalue weighted by Crippen LogP contribution is 2.39. The lowest BCUT2D eigenvalue weighted by atomic mass is 9.75. The number of amides is 1. The predicted molar refractivity (Wildman–Crippen MR) is 129 cm³/mol. The maximum absolute atomic E-state index is 12.4. The van der Waals surface area contributed by atoms with E-state index in [0.29, 0.717) is 24.6 Å². The number of anilines is 1. The third-order valence-electron chi connectivity index (χ3n) is 6.53. The second-order valence-corrected chi connectivity index (χ2v) is 11.3. The number of nitrogens with zero attached hydrogens (tertiary/aromatic N) is 2. The van der Waals surface area contributed by atoms with Crippen LogP contribution in [-0.4, -0.2) is 62.0 Å². The van der Waals surface area contributed by atoms with Gasteiger partial charge in [0.05, 0.1) is 24.9 Å². The molecule has 184 valence electrons. The standard InChI is InChI=1S/C26H40N2O5/c1-25(2,3)19-10-13-27(14-11-19)21-16-18(23(29)31-7)8-9-22(21)32-20-12-15-28(17-20)24(30)33-26(4,5)6/h8-9,16,19-20H,10-15,17H2,1-7H3/t20-/m0/s1. The summed E-state index contributed by atoms with van der Waals surface area (Å²) < 4.78 is 16.8. The van der Waals surface area contributed by atoms with Crippen LogP contribution in [0.5, 0.6) is 5.75 Å². The van der Waals surface area contributed by atoms with E-state index in [1.807, 2.05) is 32.9 Å². The predicted octanol–water partition coefficient (Wildman–Crippen LogP) is 5.12. The summed E-state index contributed by atoms with van der Waals surface area (Å²) in [4.78, 5) is 28.6. The van der Waals surface area contributed by atoms with Crippen molar-refractivity contribution in [2.45, 2.75) is 72.5 Å². The van der Waals surface area contributed by atoms with Gasteiger partial charge < -0.3 is 24.0 Å². The van der Waals surface area contributed by atoms with Crippen LogP contribution in [0.1, 0.15) is 71.2 Å². The fourth-order valence-corrected chi connectivity index (χ4v) is 4.59. The van der Waals surface area contributed by atoms with Crippen LogP contribution in [0, 0.1) is 11.3 Å². The zero-order valence-electron chi connectivity index (χ0n) is 21.3. The molecule has 0 radical (unpaired) electrons. The molecule has 2 aliphatic heterocycles. The van der Waals surface area contributed by atoms with E-state index in [1.165, 1.54) is 7.11 Å². The second kappa shape index (κ2) is 9.82. The Kier molecular flexibility index (Phi) is 7.49. The first-order valence-corrected chi connectivity index (χ1v) is 12.0. The summed E-state index contributed by atoms with van der Waals surface area (Å²) in [5.41, 5.74) is 1.20. The molecule has 1 amide bonds. The zero-order valence-corrected chi connectivity index (χ0v) is 21.3. The Hall–Kier alpha value is -2.44. The minimum atomic E-state index is -0.522. The number of hydrogen-bond donors (Lipinski definition) is 0. The highest BCUT2D eigenvalue weighted by atomic mass is 16.6. The van der Waals surface area contributed by atoms with E-state index in [4.69, 9.17) is 14.2 Å². The molecule has 0 spiro atoms. The van der Waals surface area contributed by atoms with Gasteiger partial charge in [-0.3, -0.25) is 0 Å². The Balaban J connectivity index is 1.74. The van der Waals surface area contributed by atoms with Crippen LogP contribution < -0.4 is 9.64 Å². The summed E-state index contributed by atoms with van der Waals surface area (Å²) in [6.45, 7) is 15.4. The molecule has 7 heteroatoms. The van der Waals surface area contributed by atoms with Gasteiger partial charge in [0.1, 0.15) is 17.5 Å². The summed E-state index contributed by atoms with van der Waals surface area (Å²) in [6.07, 6.45) is 2.51. The van der Waals surface area contributed by atoms with E-state index >= 15 is 0 Å². The van der Waals surface area contributed by atoms with Crippen molar-refractivity contribution in [1.29, 1.82) is 0 Å². The van der Waals surface area contributed by atoms with Crippen LogP contribution in [0.4, 0.5) is 10.5 Å². The lowest BCUT2D eigenvalue weighted by Gasteiger charge is -2.40. The molecule has 0 N–H and O–H groups in total. The number of likely N-dealkylation sites (tertiary alicyclic amines) is 1. The van der Waals surface area contributed by atoms with E-state index < -0.39 is 5.60 Å². The van der Waals surface area contributed by atoms with E-state index in [1.54, 1.807) is 11.0 Å². The lowest BCUT2D eigenvalue weighted by Crippen LogP contribution is -2.38. The van der Waals surface area contributed by atoms with Gasteiger partial charge in [-0.05, 0) is 63.1 Å².